The highest BCUT2D eigenvalue weighted by Gasteiger charge is 2.11. The number of rotatable bonds is 6. The van der Waals surface area contributed by atoms with Gasteiger partial charge < -0.3 is 5.11 Å². The number of carboxylic acid groups (broad SMARTS) is 1. The largest absolute Gasteiger partial charge is 0.479 e. The molecule has 0 aromatic rings. The highest BCUT2D eigenvalue weighted by molar-refractivity contribution is 5.77. The van der Waals surface area contributed by atoms with Crippen LogP contribution in [-0.4, -0.2) is 23.6 Å². The summed E-state index contributed by atoms with van der Waals surface area (Å²) in [6.45, 7) is 3.23. The Labute approximate surface area is 77.0 Å². The Morgan fingerprint density at radius 1 is 1.54 bits per heavy atom. The number of nitrogens with one attached hydrogen (secondary N) is 1. The molecule has 13 heavy (non-hydrogen) atoms. The Bertz CT molecular complexity index is 181. The van der Waals surface area contributed by atoms with Crippen molar-refractivity contribution >= 4 is 11.9 Å². The second-order valence-corrected chi connectivity index (χ2v) is 2.84. The lowest BCUT2D eigenvalue weighted by Gasteiger charge is -2.09. The van der Waals surface area contributed by atoms with Crippen LogP contribution < -0.4 is 5.48 Å². The highest BCUT2D eigenvalue weighted by Crippen LogP contribution is 2.03. The topological polar surface area (TPSA) is 75.6 Å². The maximum atomic E-state index is 11.1. The van der Waals surface area contributed by atoms with Crippen molar-refractivity contribution in [2.75, 3.05) is 6.61 Å². The van der Waals surface area contributed by atoms with Gasteiger partial charge in [-0.05, 0) is 6.42 Å². The van der Waals surface area contributed by atoms with E-state index in [4.69, 9.17) is 5.11 Å². The number of hydrogen-bond donors (Lipinski definition) is 2. The molecule has 1 atom stereocenters. The van der Waals surface area contributed by atoms with Gasteiger partial charge in [-0.15, -0.1) is 0 Å². The first-order valence-electron chi connectivity index (χ1n) is 4.21. The predicted molar refractivity (Wildman–Crippen MR) is 45.8 cm³/mol. The van der Waals surface area contributed by atoms with E-state index in [9.17, 15) is 9.59 Å². The smallest absolute Gasteiger partial charge is 0.332 e. The minimum absolute atomic E-state index is 0.140. The SMILES string of the molecule is CCCC(C)C(=O)NOCC(=O)O. The van der Waals surface area contributed by atoms with E-state index in [2.05, 4.69) is 10.3 Å². The van der Waals surface area contributed by atoms with Crippen molar-refractivity contribution in [3.63, 3.8) is 0 Å². The number of aliphatic carboxylic acids is 1. The third-order valence-corrected chi connectivity index (χ3v) is 1.54. The Morgan fingerprint density at radius 2 is 2.15 bits per heavy atom. The standard InChI is InChI=1S/C8H15NO4/c1-3-4-6(2)8(12)9-13-5-7(10)11/h6H,3-5H2,1-2H3,(H,9,12)(H,10,11). The van der Waals surface area contributed by atoms with Crippen LogP contribution in [-0.2, 0) is 14.4 Å². The zero-order chi connectivity index (χ0) is 10.3. The van der Waals surface area contributed by atoms with Gasteiger partial charge in [0, 0.05) is 5.92 Å². The van der Waals surface area contributed by atoms with E-state index in [1.54, 1.807) is 6.92 Å². The normalized spacial score (nSPS) is 12.2. The molecule has 0 aromatic carbocycles. The van der Waals surface area contributed by atoms with Crippen LogP contribution in [0.2, 0.25) is 0 Å². The molecule has 0 bridgehead atoms. The molecule has 0 spiro atoms. The van der Waals surface area contributed by atoms with E-state index in [-0.39, 0.29) is 11.8 Å². The van der Waals surface area contributed by atoms with Crippen LogP contribution >= 0.6 is 0 Å². The van der Waals surface area contributed by atoms with Gasteiger partial charge in [0.05, 0.1) is 0 Å². The second-order valence-electron chi connectivity index (χ2n) is 2.84. The van der Waals surface area contributed by atoms with Gasteiger partial charge in [-0.2, -0.15) is 0 Å². The highest BCUT2D eigenvalue weighted by atomic mass is 16.7. The second kappa shape index (κ2) is 6.42. The van der Waals surface area contributed by atoms with Gasteiger partial charge >= 0.3 is 5.97 Å². The Morgan fingerprint density at radius 3 is 2.62 bits per heavy atom. The summed E-state index contributed by atoms with van der Waals surface area (Å²) in [5.41, 5.74) is 2.08. The summed E-state index contributed by atoms with van der Waals surface area (Å²) in [4.78, 5) is 25.5. The van der Waals surface area contributed by atoms with E-state index in [1.807, 2.05) is 6.92 Å². The summed E-state index contributed by atoms with van der Waals surface area (Å²) < 4.78 is 0. The fourth-order valence-corrected chi connectivity index (χ4v) is 0.834. The van der Waals surface area contributed by atoms with Gasteiger partial charge in [-0.1, -0.05) is 20.3 Å². The predicted octanol–water partition coefficient (Wildman–Crippen LogP) is 0.555. The molecule has 0 aliphatic rings. The monoisotopic (exact) mass is 189 g/mol. The van der Waals surface area contributed by atoms with Crippen molar-refractivity contribution in [2.45, 2.75) is 26.7 Å². The van der Waals surface area contributed by atoms with Gasteiger partial charge in [0.1, 0.15) is 0 Å². The Balaban J connectivity index is 3.55. The third kappa shape index (κ3) is 6.10. The maximum Gasteiger partial charge on any atom is 0.332 e. The first kappa shape index (κ1) is 11.9. The summed E-state index contributed by atoms with van der Waals surface area (Å²) >= 11 is 0. The van der Waals surface area contributed by atoms with Crippen LogP contribution in [0.25, 0.3) is 0 Å². The van der Waals surface area contributed by atoms with Gasteiger partial charge in [0.15, 0.2) is 6.61 Å². The van der Waals surface area contributed by atoms with E-state index in [1.165, 1.54) is 0 Å². The molecule has 0 fully saturated rings. The zero-order valence-corrected chi connectivity index (χ0v) is 7.87. The van der Waals surface area contributed by atoms with Gasteiger partial charge in [-0.3, -0.25) is 9.63 Å². The van der Waals surface area contributed by atoms with Crippen LogP contribution in [0, 0.1) is 5.92 Å². The molecule has 0 saturated carbocycles. The molecule has 0 aliphatic carbocycles. The minimum atomic E-state index is -1.11. The van der Waals surface area contributed by atoms with E-state index < -0.39 is 12.6 Å². The molecule has 76 valence electrons. The van der Waals surface area contributed by atoms with Crippen LogP contribution in [0.15, 0.2) is 0 Å². The Kier molecular flexibility index (Phi) is 5.88. The molecule has 5 nitrogen and oxygen atoms in total. The van der Waals surface area contributed by atoms with Crippen molar-refractivity contribution in [3.8, 4) is 0 Å². The van der Waals surface area contributed by atoms with Crippen molar-refractivity contribution in [3.05, 3.63) is 0 Å². The van der Waals surface area contributed by atoms with E-state index in [0.717, 1.165) is 12.8 Å². The lowest BCUT2D eigenvalue weighted by atomic mass is 10.1. The number of carbonyl (C=O) groups is 2. The molecule has 1 amide bonds. The summed E-state index contributed by atoms with van der Waals surface area (Å²) in [6, 6.07) is 0. The van der Waals surface area contributed by atoms with E-state index >= 15 is 0 Å². The summed E-state index contributed by atoms with van der Waals surface area (Å²) in [7, 11) is 0. The average molecular weight is 189 g/mol. The Hall–Kier alpha value is -1.10. The lowest BCUT2D eigenvalue weighted by molar-refractivity contribution is -0.150. The van der Waals surface area contributed by atoms with Gasteiger partial charge in [-0.25, -0.2) is 10.3 Å². The van der Waals surface area contributed by atoms with Crippen molar-refractivity contribution in [1.29, 1.82) is 0 Å². The fraction of sp³-hybridized carbons (Fsp3) is 0.750. The average Bonchev–Trinajstić information content (AvgIpc) is 2.04. The van der Waals surface area contributed by atoms with Crippen molar-refractivity contribution in [2.24, 2.45) is 5.92 Å². The molecule has 0 radical (unpaired) electrons. The van der Waals surface area contributed by atoms with Crippen LogP contribution in [0.5, 0.6) is 0 Å². The maximum absolute atomic E-state index is 11.1. The molecule has 0 heterocycles. The minimum Gasteiger partial charge on any atom is -0.479 e. The first-order valence-corrected chi connectivity index (χ1v) is 4.21. The number of hydrogen-bond acceptors (Lipinski definition) is 3. The molecule has 0 saturated heterocycles. The molecule has 0 aliphatic heterocycles. The number of carboxylic acids is 1. The summed E-state index contributed by atoms with van der Waals surface area (Å²) in [5.74, 6) is -1.52. The number of hydroxylamine groups is 1. The van der Waals surface area contributed by atoms with Gasteiger partial charge in [0.25, 0.3) is 0 Å². The lowest BCUT2D eigenvalue weighted by Crippen LogP contribution is -2.31. The number of carbonyl (C=O) groups excluding carboxylic acids is 1. The van der Waals surface area contributed by atoms with Crippen LogP contribution in [0.4, 0.5) is 0 Å². The molecule has 1 unspecified atom stereocenters. The summed E-state index contributed by atoms with van der Waals surface area (Å²) in [5, 5.41) is 8.19. The molecular weight excluding hydrogens is 174 g/mol. The first-order chi connectivity index (χ1) is 6.07. The molecular formula is C8H15NO4. The molecule has 2 N–H and O–H groups in total. The number of amides is 1. The zero-order valence-electron chi connectivity index (χ0n) is 7.87. The van der Waals surface area contributed by atoms with Crippen LogP contribution in [0.1, 0.15) is 26.7 Å². The van der Waals surface area contributed by atoms with Gasteiger partial charge in [0.2, 0.25) is 5.91 Å². The third-order valence-electron chi connectivity index (χ3n) is 1.54. The quantitative estimate of drug-likeness (QED) is 0.598. The van der Waals surface area contributed by atoms with Crippen molar-refractivity contribution in [1.82, 2.24) is 5.48 Å². The van der Waals surface area contributed by atoms with Crippen molar-refractivity contribution < 1.29 is 19.5 Å². The molecule has 0 rings (SSSR count). The molecule has 5 heteroatoms. The van der Waals surface area contributed by atoms with Crippen LogP contribution in [0.3, 0.4) is 0 Å². The van der Waals surface area contributed by atoms with E-state index in [0.29, 0.717) is 0 Å². The fourth-order valence-electron chi connectivity index (χ4n) is 0.834. The summed E-state index contributed by atoms with van der Waals surface area (Å²) in [6.07, 6.45) is 1.68. The molecule has 0 aromatic heterocycles.